The van der Waals surface area contributed by atoms with Crippen molar-refractivity contribution >= 4 is 34.5 Å². The first-order valence-corrected chi connectivity index (χ1v) is 7.27. The molecular formula is C14H18INO3. The number of rotatable bonds is 6. The van der Waals surface area contributed by atoms with Crippen LogP contribution in [0.15, 0.2) is 24.3 Å². The summed E-state index contributed by atoms with van der Waals surface area (Å²) in [5.41, 5.74) is 0.913. The quantitative estimate of drug-likeness (QED) is 0.778. The Labute approximate surface area is 126 Å². The van der Waals surface area contributed by atoms with Gasteiger partial charge in [0, 0.05) is 9.61 Å². The zero-order valence-corrected chi connectivity index (χ0v) is 13.3. The standard InChI is InChI=1S/C14H18INO3/c1-3-10(2)16(9-14(18)19)13(17)8-11-5-4-6-12(15)7-11/h4-7,10H,3,8-9H2,1-2H3,(H,18,19). The topological polar surface area (TPSA) is 57.6 Å². The van der Waals surface area contributed by atoms with Gasteiger partial charge >= 0.3 is 5.97 Å². The molecule has 0 heterocycles. The molecule has 104 valence electrons. The van der Waals surface area contributed by atoms with Gasteiger partial charge in [0.1, 0.15) is 6.54 Å². The van der Waals surface area contributed by atoms with Gasteiger partial charge in [-0.3, -0.25) is 9.59 Å². The molecule has 0 aliphatic heterocycles. The van der Waals surface area contributed by atoms with E-state index in [1.54, 1.807) is 0 Å². The van der Waals surface area contributed by atoms with E-state index in [1.165, 1.54) is 4.90 Å². The average molecular weight is 375 g/mol. The van der Waals surface area contributed by atoms with E-state index < -0.39 is 5.97 Å². The highest BCUT2D eigenvalue weighted by atomic mass is 127. The van der Waals surface area contributed by atoms with E-state index in [2.05, 4.69) is 22.6 Å². The highest BCUT2D eigenvalue weighted by molar-refractivity contribution is 14.1. The molecule has 0 saturated carbocycles. The first-order valence-electron chi connectivity index (χ1n) is 6.19. The number of carboxylic acids is 1. The Morgan fingerprint density at radius 2 is 2.11 bits per heavy atom. The van der Waals surface area contributed by atoms with Gasteiger partial charge in [-0.25, -0.2) is 0 Å². The minimum Gasteiger partial charge on any atom is -0.480 e. The van der Waals surface area contributed by atoms with Crippen LogP contribution in [0.25, 0.3) is 0 Å². The molecule has 0 aromatic heterocycles. The lowest BCUT2D eigenvalue weighted by Crippen LogP contribution is -2.42. The van der Waals surface area contributed by atoms with E-state index in [1.807, 2.05) is 38.1 Å². The highest BCUT2D eigenvalue weighted by Gasteiger charge is 2.21. The van der Waals surface area contributed by atoms with Crippen molar-refractivity contribution in [1.82, 2.24) is 4.90 Å². The fourth-order valence-corrected chi connectivity index (χ4v) is 2.39. The van der Waals surface area contributed by atoms with Gasteiger partial charge < -0.3 is 10.0 Å². The van der Waals surface area contributed by atoms with Gasteiger partial charge in [0.25, 0.3) is 0 Å². The minimum atomic E-state index is -0.976. The molecule has 1 aromatic rings. The molecule has 1 rings (SSSR count). The van der Waals surface area contributed by atoms with Crippen molar-refractivity contribution < 1.29 is 14.7 Å². The molecule has 0 aliphatic carbocycles. The fourth-order valence-electron chi connectivity index (χ4n) is 1.78. The molecule has 0 bridgehead atoms. The maximum Gasteiger partial charge on any atom is 0.323 e. The Balaban J connectivity index is 2.79. The summed E-state index contributed by atoms with van der Waals surface area (Å²) in [5.74, 6) is -1.12. The fraction of sp³-hybridized carbons (Fsp3) is 0.429. The van der Waals surface area contributed by atoms with Crippen LogP contribution >= 0.6 is 22.6 Å². The van der Waals surface area contributed by atoms with Crippen molar-refractivity contribution in [2.24, 2.45) is 0 Å². The number of amides is 1. The summed E-state index contributed by atoms with van der Waals surface area (Å²) >= 11 is 2.19. The van der Waals surface area contributed by atoms with Crippen LogP contribution in [0.3, 0.4) is 0 Å². The molecule has 19 heavy (non-hydrogen) atoms. The van der Waals surface area contributed by atoms with Gasteiger partial charge in [0.15, 0.2) is 0 Å². The Morgan fingerprint density at radius 3 is 2.63 bits per heavy atom. The zero-order chi connectivity index (χ0) is 14.4. The maximum absolute atomic E-state index is 12.2. The molecule has 0 spiro atoms. The molecule has 1 unspecified atom stereocenters. The number of carbonyl (C=O) groups excluding carboxylic acids is 1. The number of benzene rings is 1. The summed E-state index contributed by atoms with van der Waals surface area (Å²) in [6.45, 7) is 3.58. The molecule has 1 N–H and O–H groups in total. The molecule has 1 amide bonds. The molecular weight excluding hydrogens is 357 g/mol. The van der Waals surface area contributed by atoms with Gasteiger partial charge in [-0.15, -0.1) is 0 Å². The molecule has 4 nitrogen and oxygen atoms in total. The number of carbonyl (C=O) groups is 2. The molecule has 1 aromatic carbocycles. The third kappa shape index (κ3) is 5.18. The van der Waals surface area contributed by atoms with Crippen molar-refractivity contribution in [2.45, 2.75) is 32.7 Å². The Bertz CT molecular complexity index is 462. The molecule has 0 saturated heterocycles. The van der Waals surface area contributed by atoms with Gasteiger partial charge in [0.2, 0.25) is 5.91 Å². The Morgan fingerprint density at radius 1 is 1.42 bits per heavy atom. The van der Waals surface area contributed by atoms with E-state index >= 15 is 0 Å². The first-order chi connectivity index (χ1) is 8.93. The van der Waals surface area contributed by atoms with Crippen molar-refractivity contribution in [3.05, 3.63) is 33.4 Å². The largest absolute Gasteiger partial charge is 0.480 e. The van der Waals surface area contributed by atoms with Crippen LogP contribution in [0.2, 0.25) is 0 Å². The van der Waals surface area contributed by atoms with E-state index in [0.29, 0.717) is 0 Å². The zero-order valence-electron chi connectivity index (χ0n) is 11.1. The van der Waals surface area contributed by atoms with E-state index in [0.717, 1.165) is 15.6 Å². The number of halogens is 1. The predicted octanol–water partition coefficient (Wildman–Crippen LogP) is 2.55. The summed E-state index contributed by atoms with van der Waals surface area (Å²) in [7, 11) is 0. The van der Waals surface area contributed by atoms with Crippen LogP contribution < -0.4 is 0 Å². The van der Waals surface area contributed by atoms with Gasteiger partial charge in [-0.05, 0) is 53.6 Å². The number of hydrogen-bond donors (Lipinski definition) is 1. The van der Waals surface area contributed by atoms with Crippen molar-refractivity contribution in [1.29, 1.82) is 0 Å². The third-order valence-corrected chi connectivity index (χ3v) is 3.66. The van der Waals surface area contributed by atoms with Crippen LogP contribution in [0.5, 0.6) is 0 Å². The summed E-state index contributed by atoms with van der Waals surface area (Å²) in [5, 5.41) is 8.89. The third-order valence-electron chi connectivity index (χ3n) is 2.99. The lowest BCUT2D eigenvalue weighted by Gasteiger charge is -2.27. The van der Waals surface area contributed by atoms with Crippen molar-refractivity contribution in [3.63, 3.8) is 0 Å². The van der Waals surface area contributed by atoms with Gasteiger partial charge in [-0.2, -0.15) is 0 Å². The minimum absolute atomic E-state index is 0.0635. The maximum atomic E-state index is 12.2. The van der Waals surface area contributed by atoms with Crippen LogP contribution in [-0.4, -0.2) is 34.5 Å². The van der Waals surface area contributed by atoms with Crippen LogP contribution in [0, 0.1) is 3.57 Å². The van der Waals surface area contributed by atoms with Gasteiger partial charge in [0.05, 0.1) is 6.42 Å². The average Bonchev–Trinajstić information content (AvgIpc) is 2.34. The van der Waals surface area contributed by atoms with Crippen LogP contribution in [-0.2, 0) is 16.0 Å². The molecule has 0 fully saturated rings. The second kappa shape index (κ2) is 7.47. The Kier molecular flexibility index (Phi) is 6.27. The number of aliphatic carboxylic acids is 1. The lowest BCUT2D eigenvalue weighted by molar-refractivity contribution is -0.145. The van der Waals surface area contributed by atoms with Crippen molar-refractivity contribution in [2.75, 3.05) is 6.54 Å². The number of hydrogen-bond acceptors (Lipinski definition) is 2. The van der Waals surface area contributed by atoms with Crippen LogP contribution in [0.4, 0.5) is 0 Å². The number of nitrogens with zero attached hydrogens (tertiary/aromatic N) is 1. The van der Waals surface area contributed by atoms with Crippen molar-refractivity contribution in [3.8, 4) is 0 Å². The Hall–Kier alpha value is -1.11. The molecule has 0 radical (unpaired) electrons. The molecule has 0 aliphatic rings. The molecule has 5 heteroatoms. The molecule has 1 atom stereocenters. The number of carboxylic acid groups (broad SMARTS) is 1. The van der Waals surface area contributed by atoms with Gasteiger partial charge in [-0.1, -0.05) is 19.1 Å². The van der Waals surface area contributed by atoms with E-state index in [-0.39, 0.29) is 24.9 Å². The summed E-state index contributed by atoms with van der Waals surface area (Å²) in [4.78, 5) is 24.5. The monoisotopic (exact) mass is 375 g/mol. The smallest absolute Gasteiger partial charge is 0.323 e. The second-order valence-corrected chi connectivity index (χ2v) is 5.72. The van der Waals surface area contributed by atoms with E-state index in [9.17, 15) is 9.59 Å². The first kappa shape index (κ1) is 15.9. The highest BCUT2D eigenvalue weighted by Crippen LogP contribution is 2.11. The summed E-state index contributed by atoms with van der Waals surface area (Å²) < 4.78 is 1.07. The van der Waals surface area contributed by atoms with E-state index in [4.69, 9.17) is 5.11 Å². The summed E-state index contributed by atoms with van der Waals surface area (Å²) in [6, 6.07) is 7.61. The SMILES string of the molecule is CCC(C)N(CC(=O)O)C(=O)Cc1cccc(I)c1. The normalized spacial score (nSPS) is 11.9. The summed E-state index contributed by atoms with van der Waals surface area (Å²) in [6.07, 6.45) is 0.986. The lowest BCUT2D eigenvalue weighted by atomic mass is 10.1. The predicted molar refractivity (Wildman–Crippen MR) is 82.0 cm³/mol. The second-order valence-electron chi connectivity index (χ2n) is 4.48. The van der Waals surface area contributed by atoms with Crippen LogP contribution in [0.1, 0.15) is 25.8 Å².